The van der Waals surface area contributed by atoms with Gasteiger partial charge >= 0.3 is 0 Å². The number of carbonyl (C=O) groups is 1. The van der Waals surface area contributed by atoms with Crippen LogP contribution in [0.25, 0.3) is 0 Å². The highest BCUT2D eigenvalue weighted by Crippen LogP contribution is 2.29. The van der Waals surface area contributed by atoms with Crippen molar-refractivity contribution in [1.82, 2.24) is 4.90 Å². The van der Waals surface area contributed by atoms with Crippen molar-refractivity contribution in [3.63, 3.8) is 0 Å². The topological polar surface area (TPSA) is 49.6 Å². The summed E-state index contributed by atoms with van der Waals surface area (Å²) in [5.74, 6) is 2.21. The molecule has 0 saturated carbocycles. The van der Waals surface area contributed by atoms with E-state index in [0.717, 1.165) is 29.3 Å². The SMILES string of the molecule is CC1CSCCN1c1cc(N)ccc1C(=O)N(C)C. The number of anilines is 2. The zero-order valence-corrected chi connectivity index (χ0v) is 12.5. The molecule has 104 valence electrons. The van der Waals surface area contributed by atoms with Gasteiger partial charge in [-0.2, -0.15) is 11.8 Å². The first-order valence-electron chi connectivity index (χ1n) is 6.46. The van der Waals surface area contributed by atoms with Crippen molar-refractivity contribution in [1.29, 1.82) is 0 Å². The third kappa shape index (κ3) is 2.97. The normalized spacial score (nSPS) is 19.3. The van der Waals surface area contributed by atoms with Crippen molar-refractivity contribution in [2.24, 2.45) is 0 Å². The fourth-order valence-corrected chi connectivity index (χ4v) is 3.31. The van der Waals surface area contributed by atoms with Gasteiger partial charge in [-0.25, -0.2) is 0 Å². The molecule has 2 rings (SSSR count). The number of thioether (sulfide) groups is 1. The van der Waals surface area contributed by atoms with Gasteiger partial charge in [0.1, 0.15) is 0 Å². The molecule has 0 radical (unpaired) electrons. The fraction of sp³-hybridized carbons (Fsp3) is 0.500. The molecule has 0 spiro atoms. The Hall–Kier alpha value is -1.36. The number of hydrogen-bond donors (Lipinski definition) is 1. The molecule has 1 aliphatic rings. The van der Waals surface area contributed by atoms with Crippen LogP contribution in [0.15, 0.2) is 18.2 Å². The van der Waals surface area contributed by atoms with Gasteiger partial charge in [0.25, 0.3) is 5.91 Å². The van der Waals surface area contributed by atoms with E-state index < -0.39 is 0 Å². The minimum atomic E-state index is 0.0282. The second-order valence-corrected chi connectivity index (χ2v) is 6.24. The fourth-order valence-electron chi connectivity index (χ4n) is 2.29. The maximum Gasteiger partial charge on any atom is 0.255 e. The van der Waals surface area contributed by atoms with Crippen LogP contribution >= 0.6 is 11.8 Å². The summed E-state index contributed by atoms with van der Waals surface area (Å²) < 4.78 is 0. The second kappa shape index (κ2) is 5.74. The molecule has 1 aromatic rings. The van der Waals surface area contributed by atoms with E-state index in [-0.39, 0.29) is 5.91 Å². The molecule has 1 aromatic carbocycles. The van der Waals surface area contributed by atoms with Gasteiger partial charge < -0.3 is 15.5 Å². The van der Waals surface area contributed by atoms with E-state index in [4.69, 9.17) is 5.73 Å². The molecule has 0 aromatic heterocycles. The number of rotatable bonds is 2. The zero-order chi connectivity index (χ0) is 14.0. The van der Waals surface area contributed by atoms with Gasteiger partial charge in [0.15, 0.2) is 0 Å². The Labute approximate surface area is 118 Å². The third-order valence-corrected chi connectivity index (χ3v) is 4.52. The zero-order valence-electron chi connectivity index (χ0n) is 11.7. The first kappa shape index (κ1) is 14.1. The summed E-state index contributed by atoms with van der Waals surface area (Å²) in [6.07, 6.45) is 0. The van der Waals surface area contributed by atoms with E-state index in [9.17, 15) is 4.79 Å². The summed E-state index contributed by atoms with van der Waals surface area (Å²) in [6, 6.07) is 5.98. The highest BCUT2D eigenvalue weighted by atomic mass is 32.2. The summed E-state index contributed by atoms with van der Waals surface area (Å²) in [7, 11) is 3.55. The Morgan fingerprint density at radius 1 is 1.47 bits per heavy atom. The van der Waals surface area contributed by atoms with E-state index in [0.29, 0.717) is 11.7 Å². The van der Waals surface area contributed by atoms with E-state index >= 15 is 0 Å². The molecule has 19 heavy (non-hydrogen) atoms. The van der Waals surface area contributed by atoms with Crippen molar-refractivity contribution in [3.05, 3.63) is 23.8 Å². The average molecular weight is 279 g/mol. The van der Waals surface area contributed by atoms with Crippen LogP contribution in [-0.2, 0) is 0 Å². The van der Waals surface area contributed by atoms with Crippen LogP contribution in [-0.4, -0.2) is 49.0 Å². The number of hydrogen-bond acceptors (Lipinski definition) is 4. The van der Waals surface area contributed by atoms with Gasteiger partial charge in [-0.3, -0.25) is 4.79 Å². The predicted molar refractivity (Wildman–Crippen MR) is 83.0 cm³/mol. The Morgan fingerprint density at radius 3 is 2.84 bits per heavy atom. The van der Waals surface area contributed by atoms with Crippen LogP contribution in [0.5, 0.6) is 0 Å². The van der Waals surface area contributed by atoms with Gasteiger partial charge in [-0.1, -0.05) is 0 Å². The Bertz CT molecular complexity index is 476. The van der Waals surface area contributed by atoms with Crippen LogP contribution in [0, 0.1) is 0 Å². The molecule has 1 aliphatic heterocycles. The van der Waals surface area contributed by atoms with Crippen LogP contribution < -0.4 is 10.6 Å². The smallest absolute Gasteiger partial charge is 0.255 e. The predicted octanol–water partition coefficient (Wildman–Crippen LogP) is 1.91. The van der Waals surface area contributed by atoms with Gasteiger partial charge in [0.05, 0.1) is 11.3 Å². The lowest BCUT2D eigenvalue weighted by atomic mass is 10.1. The van der Waals surface area contributed by atoms with Gasteiger partial charge in [-0.15, -0.1) is 0 Å². The van der Waals surface area contributed by atoms with Crippen molar-refractivity contribution in [3.8, 4) is 0 Å². The molecule has 4 nitrogen and oxygen atoms in total. The minimum Gasteiger partial charge on any atom is -0.399 e. The number of amides is 1. The highest BCUT2D eigenvalue weighted by molar-refractivity contribution is 7.99. The van der Waals surface area contributed by atoms with Gasteiger partial charge in [0.2, 0.25) is 0 Å². The minimum absolute atomic E-state index is 0.0282. The number of benzene rings is 1. The van der Waals surface area contributed by atoms with Crippen LogP contribution in [0.1, 0.15) is 17.3 Å². The van der Waals surface area contributed by atoms with Gasteiger partial charge in [-0.05, 0) is 25.1 Å². The number of carbonyl (C=O) groups excluding carboxylic acids is 1. The molecule has 1 unspecified atom stereocenters. The molecule has 5 heteroatoms. The Morgan fingerprint density at radius 2 is 2.21 bits per heavy atom. The summed E-state index contributed by atoms with van der Waals surface area (Å²) >= 11 is 1.96. The molecule has 0 bridgehead atoms. The largest absolute Gasteiger partial charge is 0.399 e. The van der Waals surface area contributed by atoms with E-state index in [1.807, 2.05) is 23.9 Å². The molecular weight excluding hydrogens is 258 g/mol. The van der Waals surface area contributed by atoms with Crippen molar-refractivity contribution >= 4 is 29.0 Å². The molecule has 1 saturated heterocycles. The molecule has 0 aliphatic carbocycles. The Balaban J connectivity index is 2.42. The molecule has 1 fully saturated rings. The maximum atomic E-state index is 12.3. The Kier molecular flexibility index (Phi) is 4.24. The van der Waals surface area contributed by atoms with Gasteiger partial charge in [0, 0.05) is 43.9 Å². The van der Waals surface area contributed by atoms with E-state index in [1.54, 1.807) is 25.1 Å². The quantitative estimate of drug-likeness (QED) is 0.840. The van der Waals surface area contributed by atoms with Crippen molar-refractivity contribution in [2.45, 2.75) is 13.0 Å². The first-order chi connectivity index (χ1) is 9.00. The third-order valence-electron chi connectivity index (χ3n) is 3.34. The first-order valence-corrected chi connectivity index (χ1v) is 7.61. The van der Waals surface area contributed by atoms with Crippen molar-refractivity contribution in [2.75, 3.05) is 42.8 Å². The van der Waals surface area contributed by atoms with Crippen molar-refractivity contribution < 1.29 is 4.79 Å². The molecule has 2 N–H and O–H groups in total. The monoisotopic (exact) mass is 279 g/mol. The second-order valence-electron chi connectivity index (χ2n) is 5.09. The van der Waals surface area contributed by atoms with E-state index in [2.05, 4.69) is 11.8 Å². The highest BCUT2D eigenvalue weighted by Gasteiger charge is 2.24. The number of nitrogens with zero attached hydrogens (tertiary/aromatic N) is 2. The standard InChI is InChI=1S/C14H21N3OS/c1-10-9-19-7-6-17(10)13-8-11(15)4-5-12(13)14(18)16(2)3/h4-5,8,10H,6-7,9,15H2,1-3H3. The summed E-state index contributed by atoms with van der Waals surface area (Å²) in [5.41, 5.74) is 8.30. The van der Waals surface area contributed by atoms with Crippen LogP contribution in [0.2, 0.25) is 0 Å². The molecule has 1 heterocycles. The molecule has 1 amide bonds. The molecular formula is C14H21N3OS. The summed E-state index contributed by atoms with van der Waals surface area (Å²) in [4.78, 5) is 16.2. The molecule has 1 atom stereocenters. The van der Waals surface area contributed by atoms with Crippen LogP contribution in [0.4, 0.5) is 11.4 Å². The van der Waals surface area contributed by atoms with Crippen LogP contribution in [0.3, 0.4) is 0 Å². The number of nitrogen functional groups attached to an aromatic ring is 1. The number of nitrogens with two attached hydrogens (primary N) is 1. The maximum absolute atomic E-state index is 12.3. The average Bonchev–Trinajstić information content (AvgIpc) is 2.38. The lowest BCUT2D eigenvalue weighted by Crippen LogP contribution is -2.41. The lowest BCUT2D eigenvalue weighted by Gasteiger charge is -2.36. The summed E-state index contributed by atoms with van der Waals surface area (Å²) in [5, 5.41) is 0. The summed E-state index contributed by atoms with van der Waals surface area (Å²) in [6.45, 7) is 3.16. The lowest BCUT2D eigenvalue weighted by molar-refractivity contribution is 0.0828. The van der Waals surface area contributed by atoms with E-state index in [1.165, 1.54) is 0 Å².